The minimum atomic E-state index is -3.27. The van der Waals surface area contributed by atoms with Crippen molar-refractivity contribution in [3.8, 4) is 0 Å². The summed E-state index contributed by atoms with van der Waals surface area (Å²) >= 11 is 6.94. The Morgan fingerprint density at radius 3 is 1.88 bits per heavy atom. The summed E-state index contributed by atoms with van der Waals surface area (Å²) in [6.45, 7) is 27.2. The minimum Gasteiger partial charge on any atom is -0.473 e. The summed E-state index contributed by atoms with van der Waals surface area (Å²) in [7, 11) is -7.38. The minimum absolute atomic E-state index is 0.282. The Kier molecular flexibility index (Phi) is 9.71. The van der Waals surface area contributed by atoms with Crippen molar-refractivity contribution in [2.75, 3.05) is 0 Å². The summed E-state index contributed by atoms with van der Waals surface area (Å²) in [5.41, 5.74) is 0.105. The van der Waals surface area contributed by atoms with Crippen LogP contribution in [0.1, 0.15) is 32.8 Å². The van der Waals surface area contributed by atoms with Gasteiger partial charge in [0.15, 0.2) is 16.6 Å². The largest absolute Gasteiger partial charge is 0.543 e. The molecular formula is C22H37NO4S2Si3. The molecule has 32 heavy (non-hydrogen) atoms. The molecule has 0 aromatic heterocycles. The van der Waals surface area contributed by atoms with Crippen molar-refractivity contribution in [1.82, 2.24) is 0 Å². The Hall–Kier alpha value is -0.809. The molecule has 0 saturated carbocycles. The number of benzene rings is 1. The van der Waals surface area contributed by atoms with E-state index < -0.39 is 41.7 Å². The highest BCUT2D eigenvalue weighted by Crippen LogP contribution is 2.40. The van der Waals surface area contributed by atoms with E-state index in [2.05, 4.69) is 44.1 Å². The third kappa shape index (κ3) is 9.99. The van der Waals surface area contributed by atoms with Crippen LogP contribution < -0.4 is 0 Å². The molecule has 0 heterocycles. The molecule has 10 heteroatoms. The predicted octanol–water partition coefficient (Wildman–Crippen LogP) is 6.76. The average molecular weight is 528 g/mol. The first-order valence-corrected chi connectivity index (χ1v) is 20.9. The van der Waals surface area contributed by atoms with Crippen LogP contribution in [0.15, 0.2) is 30.3 Å². The zero-order chi connectivity index (χ0) is 25.0. The topological polar surface area (TPSA) is 49.1 Å². The molecule has 1 rings (SSSR count). The molecule has 0 fully saturated rings. The molecule has 1 aromatic rings. The molecular weight excluding hydrogens is 491 g/mol. The van der Waals surface area contributed by atoms with E-state index in [1.807, 2.05) is 50.7 Å². The first kappa shape index (κ1) is 29.2. The summed E-state index contributed by atoms with van der Waals surface area (Å²) in [5.74, 6) is -0.442. The highest BCUT2D eigenvalue weighted by atomic mass is 32.2. The lowest BCUT2D eigenvalue weighted by Gasteiger charge is -2.39. The van der Waals surface area contributed by atoms with Crippen molar-refractivity contribution in [2.24, 2.45) is 0 Å². The van der Waals surface area contributed by atoms with Gasteiger partial charge in [0.2, 0.25) is 5.54 Å². The summed E-state index contributed by atoms with van der Waals surface area (Å²) in [4.78, 5) is 17.4. The molecule has 0 bridgehead atoms. The van der Waals surface area contributed by atoms with Gasteiger partial charge in [-0.25, -0.2) is 6.57 Å². The molecule has 0 aliphatic heterocycles. The molecule has 1 atom stereocenters. The summed E-state index contributed by atoms with van der Waals surface area (Å²) in [6, 6.07) is 9.58. The van der Waals surface area contributed by atoms with E-state index in [4.69, 9.17) is 31.4 Å². The number of carbonyl (C=O) groups is 1. The molecule has 0 amide bonds. The van der Waals surface area contributed by atoms with Crippen molar-refractivity contribution < 1.29 is 17.5 Å². The highest BCUT2D eigenvalue weighted by Gasteiger charge is 2.52. The maximum absolute atomic E-state index is 13.7. The lowest BCUT2D eigenvalue weighted by atomic mass is 9.92. The fourth-order valence-electron chi connectivity index (χ4n) is 3.30. The second-order valence-electron chi connectivity index (χ2n) is 10.8. The number of carbonyl (C=O) groups excluding carboxylic acids is 1. The average Bonchev–Trinajstić information content (AvgIpc) is 2.58. The maximum Gasteiger partial charge on any atom is 0.543 e. The van der Waals surface area contributed by atoms with E-state index in [1.165, 1.54) is 11.8 Å². The third-order valence-corrected chi connectivity index (χ3v) is 14.2. The Bertz CT molecular complexity index is 845. The Morgan fingerprint density at radius 2 is 1.47 bits per heavy atom. The lowest BCUT2D eigenvalue weighted by molar-refractivity contribution is -0.140. The van der Waals surface area contributed by atoms with Crippen molar-refractivity contribution in [3.63, 3.8) is 0 Å². The van der Waals surface area contributed by atoms with E-state index in [0.29, 0.717) is 4.20 Å². The van der Waals surface area contributed by atoms with Gasteiger partial charge in [0, 0.05) is 20.4 Å². The van der Waals surface area contributed by atoms with Gasteiger partial charge in [-0.2, -0.15) is 0 Å². The van der Waals surface area contributed by atoms with E-state index >= 15 is 0 Å². The second kappa shape index (κ2) is 10.6. The van der Waals surface area contributed by atoms with Crippen molar-refractivity contribution in [1.29, 1.82) is 0 Å². The molecule has 1 unspecified atom stereocenters. The molecule has 0 spiro atoms. The van der Waals surface area contributed by atoms with Crippen LogP contribution in [0.4, 0.5) is 0 Å². The SMILES string of the molecule is [C-]#[N+]C(C)(C)CC(C)(SC(=S)c1ccccc1)C(=O)O[Si](C)(O[Si](C)(C)C)O[Si](C)(C)C. The van der Waals surface area contributed by atoms with Crippen LogP contribution in [0.3, 0.4) is 0 Å². The standard InChI is InChI=1S/C22H37NO4S2Si3/c1-21(2,23-4)17-22(3,29-19(28)18-15-13-12-14-16-18)20(24)25-32(11,26-30(5,6)7)27-31(8,9)10/h12-16H,17H2,1-3,5-11H3. The van der Waals surface area contributed by atoms with Crippen LogP contribution in [-0.4, -0.2) is 45.9 Å². The van der Waals surface area contributed by atoms with Gasteiger partial charge in [0.25, 0.3) is 0 Å². The van der Waals surface area contributed by atoms with Gasteiger partial charge in [0.05, 0.1) is 10.6 Å². The Morgan fingerprint density at radius 1 is 1.00 bits per heavy atom. The van der Waals surface area contributed by atoms with Crippen LogP contribution in [0.2, 0.25) is 45.8 Å². The number of thioether (sulfide) groups is 1. The van der Waals surface area contributed by atoms with Crippen molar-refractivity contribution in [2.45, 2.75) is 83.3 Å². The van der Waals surface area contributed by atoms with Crippen LogP contribution >= 0.6 is 24.0 Å². The molecule has 5 nitrogen and oxygen atoms in total. The molecule has 0 saturated heterocycles. The molecule has 0 N–H and O–H groups in total. The molecule has 0 aliphatic carbocycles. The first-order chi connectivity index (χ1) is 14.3. The lowest BCUT2D eigenvalue weighted by Crippen LogP contribution is -2.57. The number of rotatable bonds is 10. The van der Waals surface area contributed by atoms with Gasteiger partial charge in [-0.15, -0.1) is 0 Å². The zero-order valence-electron chi connectivity index (χ0n) is 21.0. The quantitative estimate of drug-likeness (QED) is 0.190. The molecule has 1 aromatic carbocycles. The number of hydrogen-bond donors (Lipinski definition) is 0. The van der Waals surface area contributed by atoms with E-state index in [-0.39, 0.29) is 6.42 Å². The molecule has 0 radical (unpaired) electrons. The van der Waals surface area contributed by atoms with Crippen LogP contribution in [0.5, 0.6) is 0 Å². The van der Waals surface area contributed by atoms with Crippen LogP contribution in [-0.2, 0) is 17.5 Å². The third-order valence-electron chi connectivity index (χ3n) is 4.09. The van der Waals surface area contributed by atoms with E-state index in [9.17, 15) is 4.79 Å². The first-order valence-electron chi connectivity index (χ1n) is 10.6. The fourth-order valence-corrected chi connectivity index (χ4v) is 15.6. The van der Waals surface area contributed by atoms with Crippen molar-refractivity contribution >= 4 is 59.6 Å². The summed E-state index contributed by atoms with van der Waals surface area (Å²) < 4.78 is 18.4. The fraction of sp³-hybridized carbons (Fsp3) is 0.591. The number of hydrogen-bond acceptors (Lipinski definition) is 6. The van der Waals surface area contributed by atoms with Gasteiger partial charge in [-0.3, -0.25) is 4.79 Å². The summed E-state index contributed by atoms with van der Waals surface area (Å²) in [5, 5.41) is 0. The van der Waals surface area contributed by atoms with Gasteiger partial charge in [0.1, 0.15) is 4.75 Å². The van der Waals surface area contributed by atoms with Gasteiger partial charge in [-0.1, -0.05) is 54.3 Å². The van der Waals surface area contributed by atoms with Gasteiger partial charge in [-0.05, 0) is 51.8 Å². The highest BCUT2D eigenvalue weighted by molar-refractivity contribution is 8.25. The molecule has 178 valence electrons. The normalized spacial score (nSPS) is 14.9. The summed E-state index contributed by atoms with van der Waals surface area (Å²) in [6.07, 6.45) is 0.282. The van der Waals surface area contributed by atoms with Crippen LogP contribution in [0, 0.1) is 6.57 Å². The predicted molar refractivity (Wildman–Crippen MR) is 146 cm³/mol. The van der Waals surface area contributed by atoms with Crippen LogP contribution in [0.25, 0.3) is 4.85 Å². The van der Waals surface area contributed by atoms with E-state index in [0.717, 1.165) is 5.56 Å². The zero-order valence-corrected chi connectivity index (χ0v) is 25.6. The van der Waals surface area contributed by atoms with Gasteiger partial charge >= 0.3 is 14.8 Å². The molecule has 0 aliphatic rings. The Balaban J connectivity index is 3.33. The monoisotopic (exact) mass is 527 g/mol. The second-order valence-corrected chi connectivity index (χ2v) is 25.0. The smallest absolute Gasteiger partial charge is 0.473 e. The van der Waals surface area contributed by atoms with Gasteiger partial charge < -0.3 is 17.5 Å². The number of nitrogens with zero attached hydrogens (tertiary/aromatic N) is 1. The Labute approximate surface area is 207 Å². The van der Waals surface area contributed by atoms with E-state index in [1.54, 1.807) is 6.92 Å². The number of thiocarbonyl (C=S) groups is 1. The van der Waals surface area contributed by atoms with Crippen molar-refractivity contribution in [3.05, 3.63) is 47.3 Å². The maximum atomic E-state index is 13.7.